The maximum atomic E-state index is 11.9. The second kappa shape index (κ2) is 7.45. The number of para-hydroxylation sites is 1. The highest BCUT2D eigenvalue weighted by atomic mass is 16.5. The lowest BCUT2D eigenvalue weighted by Gasteiger charge is -2.12. The normalized spacial score (nSPS) is 11.7. The molecule has 0 saturated carbocycles. The molecule has 0 radical (unpaired) electrons. The van der Waals surface area contributed by atoms with E-state index < -0.39 is 6.04 Å². The molecule has 110 valence electrons. The number of carbonyl (C=O) groups excluding carboxylic acids is 1. The lowest BCUT2D eigenvalue weighted by atomic mass is 10.1. The van der Waals surface area contributed by atoms with Gasteiger partial charge in [0.05, 0.1) is 6.04 Å². The van der Waals surface area contributed by atoms with Crippen molar-refractivity contribution in [2.75, 3.05) is 5.32 Å². The summed E-state index contributed by atoms with van der Waals surface area (Å²) in [6.07, 6.45) is 1.55. The van der Waals surface area contributed by atoms with Gasteiger partial charge in [-0.3, -0.25) is 4.79 Å². The Hall–Kier alpha value is -2.33. The first kappa shape index (κ1) is 15.1. The van der Waals surface area contributed by atoms with Gasteiger partial charge in [-0.1, -0.05) is 37.6 Å². The fraction of sp³-hybridized carbons (Fsp3) is 0.235. The molecule has 2 aromatic rings. The topological polar surface area (TPSA) is 64.4 Å². The van der Waals surface area contributed by atoms with Crippen LogP contribution in [0.3, 0.4) is 0 Å². The molecular formula is C17H20N2O2. The van der Waals surface area contributed by atoms with Crippen LogP contribution < -0.4 is 15.8 Å². The summed E-state index contributed by atoms with van der Waals surface area (Å²) in [5.41, 5.74) is 6.47. The summed E-state index contributed by atoms with van der Waals surface area (Å²) in [5, 5.41) is 2.81. The van der Waals surface area contributed by atoms with E-state index in [-0.39, 0.29) is 5.91 Å². The third-order valence-electron chi connectivity index (χ3n) is 3.02. The Morgan fingerprint density at radius 1 is 1.14 bits per heavy atom. The fourth-order valence-corrected chi connectivity index (χ4v) is 1.94. The monoisotopic (exact) mass is 284 g/mol. The van der Waals surface area contributed by atoms with Crippen molar-refractivity contribution < 1.29 is 9.53 Å². The largest absolute Gasteiger partial charge is 0.457 e. The summed E-state index contributed by atoms with van der Waals surface area (Å²) in [6.45, 7) is 2.00. The van der Waals surface area contributed by atoms with E-state index in [0.29, 0.717) is 17.9 Å². The minimum atomic E-state index is -0.478. The predicted octanol–water partition coefficient (Wildman–Crippen LogP) is 3.54. The van der Waals surface area contributed by atoms with Crippen LogP contribution >= 0.6 is 0 Å². The summed E-state index contributed by atoms with van der Waals surface area (Å²) < 4.78 is 5.73. The minimum Gasteiger partial charge on any atom is -0.457 e. The second-order valence-corrected chi connectivity index (χ2v) is 4.83. The van der Waals surface area contributed by atoms with E-state index in [1.165, 1.54) is 0 Å². The Balaban J connectivity index is 2.02. The molecule has 0 aliphatic carbocycles. The molecule has 3 N–H and O–H groups in total. The zero-order chi connectivity index (χ0) is 15.1. The Bertz CT molecular complexity index is 584. The number of rotatable bonds is 6. The van der Waals surface area contributed by atoms with E-state index >= 15 is 0 Å². The Labute approximate surface area is 124 Å². The number of nitrogens with one attached hydrogen (secondary N) is 1. The van der Waals surface area contributed by atoms with Gasteiger partial charge in [-0.25, -0.2) is 0 Å². The van der Waals surface area contributed by atoms with Gasteiger partial charge in [0, 0.05) is 11.8 Å². The van der Waals surface area contributed by atoms with Gasteiger partial charge in [0.25, 0.3) is 0 Å². The van der Waals surface area contributed by atoms with E-state index in [4.69, 9.17) is 10.5 Å². The van der Waals surface area contributed by atoms with E-state index in [1.807, 2.05) is 55.5 Å². The molecule has 0 unspecified atom stereocenters. The Morgan fingerprint density at radius 3 is 2.57 bits per heavy atom. The van der Waals surface area contributed by atoms with Gasteiger partial charge in [0.1, 0.15) is 11.5 Å². The summed E-state index contributed by atoms with van der Waals surface area (Å²) in [7, 11) is 0. The first-order valence-electron chi connectivity index (χ1n) is 7.08. The van der Waals surface area contributed by atoms with Crippen molar-refractivity contribution in [1.82, 2.24) is 0 Å². The van der Waals surface area contributed by atoms with Crippen LogP contribution in [0.15, 0.2) is 54.6 Å². The lowest BCUT2D eigenvalue weighted by Crippen LogP contribution is -2.35. The van der Waals surface area contributed by atoms with Gasteiger partial charge in [0.15, 0.2) is 0 Å². The van der Waals surface area contributed by atoms with E-state index in [0.717, 1.165) is 12.2 Å². The van der Waals surface area contributed by atoms with Crippen molar-refractivity contribution in [2.45, 2.75) is 25.8 Å². The smallest absolute Gasteiger partial charge is 0.241 e. The third-order valence-corrected chi connectivity index (χ3v) is 3.02. The van der Waals surface area contributed by atoms with Gasteiger partial charge in [-0.2, -0.15) is 0 Å². The molecule has 4 nitrogen and oxygen atoms in total. The zero-order valence-electron chi connectivity index (χ0n) is 12.1. The van der Waals surface area contributed by atoms with Crippen LogP contribution in [0.25, 0.3) is 0 Å². The average molecular weight is 284 g/mol. The molecule has 0 spiro atoms. The molecule has 4 heteroatoms. The lowest BCUT2D eigenvalue weighted by molar-refractivity contribution is -0.117. The summed E-state index contributed by atoms with van der Waals surface area (Å²) in [4.78, 5) is 11.9. The van der Waals surface area contributed by atoms with Crippen LogP contribution in [0.4, 0.5) is 5.69 Å². The van der Waals surface area contributed by atoms with E-state index in [1.54, 1.807) is 6.07 Å². The van der Waals surface area contributed by atoms with Crippen LogP contribution in [-0.2, 0) is 4.79 Å². The highest BCUT2D eigenvalue weighted by Gasteiger charge is 2.12. The average Bonchev–Trinajstić information content (AvgIpc) is 2.49. The molecule has 0 saturated heterocycles. The van der Waals surface area contributed by atoms with Crippen molar-refractivity contribution in [3.05, 3.63) is 54.6 Å². The highest BCUT2D eigenvalue weighted by Crippen LogP contribution is 2.23. The first-order valence-corrected chi connectivity index (χ1v) is 7.08. The number of hydrogen-bond acceptors (Lipinski definition) is 3. The van der Waals surface area contributed by atoms with Crippen molar-refractivity contribution in [2.24, 2.45) is 5.73 Å². The first-order chi connectivity index (χ1) is 10.2. The summed E-state index contributed by atoms with van der Waals surface area (Å²) >= 11 is 0. The number of benzene rings is 2. The highest BCUT2D eigenvalue weighted by molar-refractivity contribution is 5.94. The van der Waals surface area contributed by atoms with Gasteiger partial charge < -0.3 is 15.8 Å². The van der Waals surface area contributed by atoms with Crippen LogP contribution in [0.1, 0.15) is 19.8 Å². The molecular weight excluding hydrogens is 264 g/mol. The predicted molar refractivity (Wildman–Crippen MR) is 84.5 cm³/mol. The molecule has 0 aromatic heterocycles. The molecule has 0 aliphatic rings. The number of carbonyl (C=O) groups is 1. The molecule has 0 fully saturated rings. The number of anilines is 1. The van der Waals surface area contributed by atoms with Gasteiger partial charge in [-0.05, 0) is 30.7 Å². The van der Waals surface area contributed by atoms with Crippen molar-refractivity contribution in [3.63, 3.8) is 0 Å². The molecule has 1 amide bonds. The van der Waals surface area contributed by atoms with Crippen molar-refractivity contribution in [3.8, 4) is 11.5 Å². The van der Waals surface area contributed by atoms with Crippen molar-refractivity contribution >= 4 is 11.6 Å². The summed E-state index contributed by atoms with van der Waals surface area (Å²) in [5.74, 6) is 1.25. The minimum absolute atomic E-state index is 0.172. The molecule has 2 aromatic carbocycles. The molecule has 1 atom stereocenters. The fourth-order valence-electron chi connectivity index (χ4n) is 1.94. The number of nitrogens with two attached hydrogens (primary N) is 1. The van der Waals surface area contributed by atoms with Crippen molar-refractivity contribution in [1.29, 1.82) is 0 Å². The standard InChI is InChI=1S/C17H20N2O2/c1-2-7-16(18)17(20)19-13-8-6-11-15(12-13)21-14-9-4-3-5-10-14/h3-6,8-12,16H,2,7,18H2,1H3,(H,19,20)/t16-/m0/s1. The quantitative estimate of drug-likeness (QED) is 0.852. The number of hydrogen-bond donors (Lipinski definition) is 2. The second-order valence-electron chi connectivity index (χ2n) is 4.83. The van der Waals surface area contributed by atoms with Gasteiger partial charge in [-0.15, -0.1) is 0 Å². The molecule has 21 heavy (non-hydrogen) atoms. The van der Waals surface area contributed by atoms with Crippen LogP contribution in [-0.4, -0.2) is 11.9 Å². The summed E-state index contributed by atoms with van der Waals surface area (Å²) in [6, 6.07) is 16.3. The van der Waals surface area contributed by atoms with Gasteiger partial charge in [0.2, 0.25) is 5.91 Å². The molecule has 0 bridgehead atoms. The number of ether oxygens (including phenoxy) is 1. The molecule has 2 rings (SSSR count). The number of amides is 1. The van der Waals surface area contributed by atoms with Crippen LogP contribution in [0.5, 0.6) is 11.5 Å². The maximum absolute atomic E-state index is 11.9. The molecule has 0 heterocycles. The maximum Gasteiger partial charge on any atom is 0.241 e. The van der Waals surface area contributed by atoms with Gasteiger partial charge >= 0.3 is 0 Å². The Morgan fingerprint density at radius 2 is 1.86 bits per heavy atom. The zero-order valence-corrected chi connectivity index (χ0v) is 12.1. The molecule has 0 aliphatic heterocycles. The van der Waals surface area contributed by atoms with Crippen LogP contribution in [0, 0.1) is 0 Å². The SMILES string of the molecule is CCC[C@H](N)C(=O)Nc1cccc(Oc2ccccc2)c1. The van der Waals surface area contributed by atoms with E-state index in [2.05, 4.69) is 5.32 Å². The van der Waals surface area contributed by atoms with E-state index in [9.17, 15) is 4.79 Å². The third kappa shape index (κ3) is 4.61. The van der Waals surface area contributed by atoms with Crippen LogP contribution in [0.2, 0.25) is 0 Å². The Kier molecular flexibility index (Phi) is 5.35.